The summed E-state index contributed by atoms with van der Waals surface area (Å²) in [6.07, 6.45) is 7.90. The molecule has 2 fully saturated rings. The van der Waals surface area contributed by atoms with Crippen LogP contribution in [0.5, 0.6) is 0 Å². The molecule has 5 nitrogen and oxygen atoms in total. The lowest BCUT2D eigenvalue weighted by molar-refractivity contribution is 0.186. The van der Waals surface area contributed by atoms with Crippen molar-refractivity contribution in [1.29, 1.82) is 0 Å². The molecular formula is C13H27N3O2S. The maximum atomic E-state index is 11.4. The van der Waals surface area contributed by atoms with Gasteiger partial charge in [0.1, 0.15) is 0 Å². The Bertz CT molecular complexity index is 358. The molecule has 2 aliphatic rings. The van der Waals surface area contributed by atoms with Gasteiger partial charge in [-0.25, -0.2) is 8.42 Å². The number of hydrogen-bond acceptors (Lipinski definition) is 4. The van der Waals surface area contributed by atoms with Gasteiger partial charge in [-0.05, 0) is 32.4 Å². The van der Waals surface area contributed by atoms with Gasteiger partial charge in [-0.2, -0.15) is 4.31 Å². The Labute approximate surface area is 117 Å². The van der Waals surface area contributed by atoms with E-state index in [1.54, 1.807) is 4.31 Å². The molecule has 1 N–H and O–H groups in total. The third-order valence-corrected chi connectivity index (χ3v) is 5.54. The molecule has 0 aromatic carbocycles. The highest BCUT2D eigenvalue weighted by atomic mass is 32.2. The van der Waals surface area contributed by atoms with Crippen molar-refractivity contribution < 1.29 is 8.42 Å². The summed E-state index contributed by atoms with van der Waals surface area (Å²) in [5.74, 6) is 0. The minimum absolute atomic E-state index is 0.648. The first-order valence-electron chi connectivity index (χ1n) is 7.46. The molecule has 1 heterocycles. The normalized spacial score (nSPS) is 24.1. The fourth-order valence-corrected chi connectivity index (χ4v) is 3.85. The maximum Gasteiger partial charge on any atom is 0.211 e. The van der Waals surface area contributed by atoms with Crippen LogP contribution in [0.2, 0.25) is 0 Å². The standard InChI is InChI=1S/C13H27N3O2S/c1-19(17,18)16-11-9-15(10-12-16)8-4-7-14-13-5-2-3-6-13/h13-14H,2-12H2,1H3. The Hall–Kier alpha value is -0.170. The van der Waals surface area contributed by atoms with Crippen LogP contribution >= 0.6 is 0 Å². The third kappa shape index (κ3) is 5.02. The smallest absolute Gasteiger partial charge is 0.211 e. The minimum Gasteiger partial charge on any atom is -0.314 e. The average molecular weight is 289 g/mol. The first-order valence-corrected chi connectivity index (χ1v) is 9.31. The van der Waals surface area contributed by atoms with Gasteiger partial charge in [-0.1, -0.05) is 12.8 Å². The monoisotopic (exact) mass is 289 g/mol. The van der Waals surface area contributed by atoms with Crippen molar-refractivity contribution in [2.75, 3.05) is 45.5 Å². The van der Waals surface area contributed by atoms with Crippen molar-refractivity contribution in [3.8, 4) is 0 Å². The van der Waals surface area contributed by atoms with Crippen molar-refractivity contribution in [2.45, 2.75) is 38.1 Å². The third-order valence-electron chi connectivity index (χ3n) is 4.24. The molecule has 1 saturated heterocycles. The van der Waals surface area contributed by atoms with Crippen molar-refractivity contribution in [3.05, 3.63) is 0 Å². The van der Waals surface area contributed by atoms with Crippen LogP contribution in [0, 0.1) is 0 Å². The van der Waals surface area contributed by atoms with Crippen LogP contribution in [-0.4, -0.2) is 69.2 Å². The van der Waals surface area contributed by atoms with E-state index < -0.39 is 10.0 Å². The van der Waals surface area contributed by atoms with E-state index in [-0.39, 0.29) is 0 Å². The molecule has 1 saturated carbocycles. The molecule has 1 aliphatic carbocycles. The number of piperazine rings is 1. The summed E-state index contributed by atoms with van der Waals surface area (Å²) >= 11 is 0. The van der Waals surface area contributed by atoms with Gasteiger partial charge < -0.3 is 10.2 Å². The van der Waals surface area contributed by atoms with E-state index in [1.165, 1.54) is 31.9 Å². The molecule has 2 rings (SSSR count). The molecule has 19 heavy (non-hydrogen) atoms. The van der Waals surface area contributed by atoms with Crippen LogP contribution in [-0.2, 0) is 10.0 Å². The summed E-state index contributed by atoms with van der Waals surface area (Å²) in [4.78, 5) is 2.37. The maximum absolute atomic E-state index is 11.4. The summed E-state index contributed by atoms with van der Waals surface area (Å²) in [7, 11) is -2.99. The van der Waals surface area contributed by atoms with E-state index >= 15 is 0 Å². The van der Waals surface area contributed by atoms with Crippen LogP contribution in [0.3, 0.4) is 0 Å². The lowest BCUT2D eigenvalue weighted by Gasteiger charge is -2.33. The second kappa shape index (κ2) is 7.02. The summed E-state index contributed by atoms with van der Waals surface area (Å²) in [5, 5.41) is 3.62. The van der Waals surface area contributed by atoms with Crippen molar-refractivity contribution in [1.82, 2.24) is 14.5 Å². The van der Waals surface area contributed by atoms with Crippen molar-refractivity contribution in [2.24, 2.45) is 0 Å². The van der Waals surface area contributed by atoms with Gasteiger partial charge in [0.15, 0.2) is 0 Å². The van der Waals surface area contributed by atoms with E-state index in [1.807, 2.05) is 0 Å². The van der Waals surface area contributed by atoms with Crippen molar-refractivity contribution in [3.63, 3.8) is 0 Å². The van der Waals surface area contributed by atoms with Crippen LogP contribution in [0.1, 0.15) is 32.1 Å². The molecule has 0 spiro atoms. The van der Waals surface area contributed by atoms with Gasteiger partial charge in [-0.15, -0.1) is 0 Å². The first-order chi connectivity index (χ1) is 9.05. The lowest BCUT2D eigenvalue weighted by Crippen LogP contribution is -2.48. The molecule has 0 unspecified atom stereocenters. The van der Waals surface area contributed by atoms with Crippen LogP contribution in [0.4, 0.5) is 0 Å². The van der Waals surface area contributed by atoms with E-state index in [0.717, 1.165) is 38.6 Å². The Kier molecular flexibility index (Phi) is 5.62. The fraction of sp³-hybridized carbons (Fsp3) is 1.00. The van der Waals surface area contributed by atoms with Crippen LogP contribution < -0.4 is 5.32 Å². The van der Waals surface area contributed by atoms with Gasteiger partial charge in [-0.3, -0.25) is 0 Å². The Morgan fingerprint density at radius 1 is 1.11 bits per heavy atom. The van der Waals surface area contributed by atoms with Gasteiger partial charge >= 0.3 is 0 Å². The molecule has 1 aliphatic heterocycles. The summed E-state index contributed by atoms with van der Waals surface area (Å²) in [6, 6.07) is 0.752. The summed E-state index contributed by atoms with van der Waals surface area (Å²) < 4.78 is 24.4. The van der Waals surface area contributed by atoms with E-state index in [0.29, 0.717) is 13.1 Å². The lowest BCUT2D eigenvalue weighted by atomic mass is 10.2. The number of rotatable bonds is 6. The topological polar surface area (TPSA) is 52.7 Å². The number of nitrogens with zero attached hydrogens (tertiary/aromatic N) is 2. The first kappa shape index (κ1) is 15.2. The molecule has 0 radical (unpaired) electrons. The molecule has 0 atom stereocenters. The predicted octanol–water partition coefficient (Wildman–Crippen LogP) is 0.486. The van der Waals surface area contributed by atoms with E-state index in [9.17, 15) is 8.42 Å². The van der Waals surface area contributed by atoms with Crippen molar-refractivity contribution >= 4 is 10.0 Å². The Morgan fingerprint density at radius 2 is 1.74 bits per heavy atom. The molecule has 0 aromatic heterocycles. The Morgan fingerprint density at radius 3 is 2.32 bits per heavy atom. The molecule has 112 valence electrons. The number of sulfonamides is 1. The summed E-state index contributed by atoms with van der Waals surface area (Å²) in [6.45, 7) is 5.21. The molecule has 0 aromatic rings. The quantitative estimate of drug-likeness (QED) is 0.723. The largest absolute Gasteiger partial charge is 0.314 e. The number of hydrogen-bond donors (Lipinski definition) is 1. The zero-order valence-corrected chi connectivity index (χ0v) is 12.8. The zero-order chi connectivity index (χ0) is 13.7. The second-order valence-electron chi connectivity index (χ2n) is 5.79. The van der Waals surface area contributed by atoms with Crippen LogP contribution in [0.15, 0.2) is 0 Å². The molecule has 0 bridgehead atoms. The predicted molar refractivity (Wildman–Crippen MR) is 77.7 cm³/mol. The second-order valence-corrected chi connectivity index (χ2v) is 7.78. The minimum atomic E-state index is -2.99. The highest BCUT2D eigenvalue weighted by molar-refractivity contribution is 7.88. The van der Waals surface area contributed by atoms with Gasteiger partial charge in [0.05, 0.1) is 6.26 Å². The molecule has 0 amide bonds. The average Bonchev–Trinajstić information content (AvgIpc) is 2.87. The highest BCUT2D eigenvalue weighted by Gasteiger charge is 2.22. The zero-order valence-electron chi connectivity index (χ0n) is 12.0. The van der Waals surface area contributed by atoms with E-state index in [2.05, 4.69) is 10.2 Å². The van der Waals surface area contributed by atoms with Gasteiger partial charge in [0.2, 0.25) is 10.0 Å². The SMILES string of the molecule is CS(=O)(=O)N1CCN(CCCNC2CCCC2)CC1. The fourth-order valence-electron chi connectivity index (χ4n) is 3.02. The van der Waals surface area contributed by atoms with Gasteiger partial charge in [0.25, 0.3) is 0 Å². The number of nitrogens with one attached hydrogen (secondary N) is 1. The summed E-state index contributed by atoms with van der Waals surface area (Å²) in [5.41, 5.74) is 0. The van der Waals surface area contributed by atoms with Crippen LogP contribution in [0.25, 0.3) is 0 Å². The van der Waals surface area contributed by atoms with E-state index in [4.69, 9.17) is 0 Å². The highest BCUT2D eigenvalue weighted by Crippen LogP contribution is 2.17. The Balaban J connectivity index is 1.55. The molecular weight excluding hydrogens is 262 g/mol. The molecule has 6 heteroatoms. The van der Waals surface area contributed by atoms with Gasteiger partial charge in [0, 0.05) is 32.2 Å².